The minimum Gasteiger partial charge on any atom is -0.338 e. The molecule has 0 aromatic heterocycles. The van der Waals surface area contributed by atoms with Crippen molar-refractivity contribution in [1.82, 2.24) is 9.80 Å². The number of benzene rings is 1. The minimum atomic E-state index is -4.43. The van der Waals surface area contributed by atoms with Gasteiger partial charge in [-0.25, -0.2) is 0 Å². The number of rotatable bonds is 2. The van der Waals surface area contributed by atoms with E-state index in [1.807, 2.05) is 0 Å². The Bertz CT molecular complexity index is 628. The number of halogens is 3. The largest absolute Gasteiger partial charge is 0.416 e. The van der Waals surface area contributed by atoms with Gasteiger partial charge in [-0.2, -0.15) is 13.2 Å². The molecule has 6 heteroatoms. The van der Waals surface area contributed by atoms with Gasteiger partial charge >= 0.3 is 6.18 Å². The zero-order valence-electron chi connectivity index (χ0n) is 14.2. The predicted molar refractivity (Wildman–Crippen MR) is 85.8 cm³/mol. The van der Waals surface area contributed by atoms with Crippen molar-refractivity contribution in [1.29, 1.82) is 0 Å². The Morgan fingerprint density at radius 3 is 2.25 bits per heavy atom. The highest BCUT2D eigenvalue weighted by Gasteiger charge is 2.44. The van der Waals surface area contributed by atoms with Crippen LogP contribution in [0.1, 0.15) is 34.3 Å². The zero-order chi connectivity index (χ0) is 17.6. The molecule has 1 aliphatic carbocycles. The van der Waals surface area contributed by atoms with Gasteiger partial charge in [0.1, 0.15) is 0 Å². The molecule has 1 heterocycles. The first kappa shape index (κ1) is 17.3. The standard InChI is InChI=1S/C18H23F3N2O/c1-11-4-7-14(18(19,20)21)8-15(11)17(24)23-9-12-5-6-13(10-23)16(12)22(2)3/h4,7-8,12-13,16H,5-6,9-10H2,1-3H3/t12-,13+,16?. The molecule has 1 aromatic rings. The van der Waals surface area contributed by atoms with Crippen LogP contribution < -0.4 is 0 Å². The number of aryl methyl sites for hydroxylation is 1. The fourth-order valence-electron chi connectivity index (χ4n) is 4.40. The van der Waals surface area contributed by atoms with E-state index in [2.05, 4.69) is 19.0 Å². The molecule has 3 nitrogen and oxygen atoms in total. The van der Waals surface area contributed by atoms with E-state index in [-0.39, 0.29) is 11.5 Å². The van der Waals surface area contributed by atoms with Crippen molar-refractivity contribution in [2.24, 2.45) is 11.8 Å². The highest BCUT2D eigenvalue weighted by Crippen LogP contribution is 2.40. The molecule has 3 rings (SSSR count). The third-order valence-corrected chi connectivity index (χ3v) is 5.46. The van der Waals surface area contributed by atoms with Crippen molar-refractivity contribution in [3.63, 3.8) is 0 Å². The van der Waals surface area contributed by atoms with E-state index < -0.39 is 11.7 Å². The molecule has 2 fully saturated rings. The summed E-state index contributed by atoms with van der Waals surface area (Å²) in [5.74, 6) is 0.551. The zero-order valence-corrected chi connectivity index (χ0v) is 14.2. The Hall–Kier alpha value is -1.56. The fraction of sp³-hybridized carbons (Fsp3) is 0.611. The lowest BCUT2D eigenvalue weighted by atomic mass is 9.90. The van der Waals surface area contributed by atoms with Gasteiger partial charge in [-0.15, -0.1) is 0 Å². The number of carbonyl (C=O) groups is 1. The summed E-state index contributed by atoms with van der Waals surface area (Å²) in [5, 5.41) is 0. The van der Waals surface area contributed by atoms with Gasteiger partial charge in [-0.1, -0.05) is 6.07 Å². The smallest absolute Gasteiger partial charge is 0.338 e. The number of likely N-dealkylation sites (tertiary alicyclic amines) is 1. The van der Waals surface area contributed by atoms with Crippen LogP contribution in [0, 0.1) is 18.8 Å². The molecule has 1 saturated heterocycles. The lowest BCUT2D eigenvalue weighted by molar-refractivity contribution is -0.137. The molecule has 1 aromatic carbocycles. The number of piperidine rings is 1. The summed E-state index contributed by atoms with van der Waals surface area (Å²) in [6.07, 6.45) is -2.27. The number of carbonyl (C=O) groups excluding carboxylic acids is 1. The highest BCUT2D eigenvalue weighted by molar-refractivity contribution is 5.96. The Morgan fingerprint density at radius 1 is 1.17 bits per heavy atom. The van der Waals surface area contributed by atoms with E-state index in [9.17, 15) is 18.0 Å². The molecule has 0 spiro atoms. The third kappa shape index (κ3) is 3.04. The van der Waals surface area contributed by atoms with Crippen LogP contribution in [-0.2, 0) is 6.18 Å². The van der Waals surface area contributed by atoms with Crippen LogP contribution in [-0.4, -0.2) is 48.9 Å². The summed E-state index contributed by atoms with van der Waals surface area (Å²) in [4.78, 5) is 16.8. The van der Waals surface area contributed by atoms with Crippen molar-refractivity contribution in [3.05, 3.63) is 34.9 Å². The van der Waals surface area contributed by atoms with Crippen LogP contribution >= 0.6 is 0 Å². The molecule has 0 radical (unpaired) electrons. The average Bonchev–Trinajstić information content (AvgIpc) is 2.77. The number of alkyl halides is 3. The van der Waals surface area contributed by atoms with Crippen LogP contribution in [0.4, 0.5) is 13.2 Å². The second kappa shape index (κ2) is 6.06. The Labute approximate surface area is 140 Å². The molecule has 24 heavy (non-hydrogen) atoms. The maximum atomic E-state index is 12.9. The Morgan fingerprint density at radius 2 is 1.75 bits per heavy atom. The molecule has 1 saturated carbocycles. The van der Waals surface area contributed by atoms with Crippen LogP contribution in [0.15, 0.2) is 18.2 Å². The van der Waals surface area contributed by atoms with Crippen LogP contribution in [0.25, 0.3) is 0 Å². The fourth-order valence-corrected chi connectivity index (χ4v) is 4.40. The van der Waals surface area contributed by atoms with Gasteiger partial charge in [0, 0.05) is 24.7 Å². The normalized spacial score (nSPS) is 27.0. The maximum absolute atomic E-state index is 12.9. The monoisotopic (exact) mass is 340 g/mol. The van der Waals surface area contributed by atoms with Gasteiger partial charge in [0.05, 0.1) is 5.56 Å². The lowest BCUT2D eigenvalue weighted by Crippen LogP contribution is -2.52. The molecule has 1 amide bonds. The van der Waals surface area contributed by atoms with Gasteiger partial charge in [0.25, 0.3) is 5.91 Å². The average molecular weight is 340 g/mol. The van der Waals surface area contributed by atoms with Crippen LogP contribution in [0.2, 0.25) is 0 Å². The molecule has 2 aliphatic rings. The van der Waals surface area contributed by atoms with Crippen molar-refractivity contribution < 1.29 is 18.0 Å². The predicted octanol–water partition coefficient (Wildman–Crippen LogP) is 3.43. The summed E-state index contributed by atoms with van der Waals surface area (Å²) in [7, 11) is 4.12. The van der Waals surface area contributed by atoms with E-state index in [0.717, 1.165) is 25.0 Å². The first-order valence-corrected chi connectivity index (χ1v) is 8.32. The van der Waals surface area contributed by atoms with Crippen molar-refractivity contribution >= 4 is 5.91 Å². The molecule has 3 atom stereocenters. The van der Waals surface area contributed by atoms with Gasteiger partial charge in [0.2, 0.25) is 0 Å². The maximum Gasteiger partial charge on any atom is 0.416 e. The highest BCUT2D eigenvalue weighted by atomic mass is 19.4. The molecule has 132 valence electrons. The summed E-state index contributed by atoms with van der Waals surface area (Å²) >= 11 is 0. The molecule has 2 bridgehead atoms. The van der Waals surface area contributed by atoms with Crippen molar-refractivity contribution in [3.8, 4) is 0 Å². The van der Waals surface area contributed by atoms with E-state index in [1.54, 1.807) is 11.8 Å². The number of hydrogen-bond acceptors (Lipinski definition) is 2. The summed E-state index contributed by atoms with van der Waals surface area (Å²) in [5.41, 5.74) is 0.00482. The van der Waals surface area contributed by atoms with Crippen molar-refractivity contribution in [2.45, 2.75) is 32.0 Å². The van der Waals surface area contributed by atoms with Crippen molar-refractivity contribution in [2.75, 3.05) is 27.2 Å². The van der Waals surface area contributed by atoms with Gasteiger partial charge in [-0.05, 0) is 63.4 Å². The Kier molecular flexibility index (Phi) is 4.36. The summed E-state index contributed by atoms with van der Waals surface area (Å²) in [6.45, 7) is 2.95. The first-order chi connectivity index (χ1) is 11.2. The summed E-state index contributed by atoms with van der Waals surface area (Å²) in [6, 6.07) is 3.89. The van der Waals surface area contributed by atoms with E-state index >= 15 is 0 Å². The second-order valence-electron chi connectivity index (χ2n) is 7.29. The minimum absolute atomic E-state index is 0.174. The Balaban J connectivity index is 1.84. The van der Waals surface area contributed by atoms with E-state index in [1.165, 1.54) is 6.07 Å². The van der Waals surface area contributed by atoms with E-state index in [0.29, 0.717) is 36.5 Å². The molecule has 1 aliphatic heterocycles. The van der Waals surface area contributed by atoms with Crippen LogP contribution in [0.5, 0.6) is 0 Å². The number of fused-ring (bicyclic) bond motifs is 2. The molecular weight excluding hydrogens is 317 g/mol. The van der Waals surface area contributed by atoms with Crippen LogP contribution in [0.3, 0.4) is 0 Å². The number of hydrogen-bond donors (Lipinski definition) is 0. The number of amides is 1. The topological polar surface area (TPSA) is 23.6 Å². The molecular formula is C18H23F3N2O. The first-order valence-electron chi connectivity index (χ1n) is 8.32. The van der Waals surface area contributed by atoms with Gasteiger partial charge in [-0.3, -0.25) is 4.79 Å². The number of nitrogens with zero attached hydrogens (tertiary/aromatic N) is 2. The third-order valence-electron chi connectivity index (χ3n) is 5.46. The second-order valence-corrected chi connectivity index (χ2v) is 7.29. The lowest BCUT2D eigenvalue weighted by Gasteiger charge is -2.41. The molecule has 0 N–H and O–H groups in total. The summed E-state index contributed by atoms with van der Waals surface area (Å²) < 4.78 is 38.8. The van der Waals surface area contributed by atoms with E-state index in [4.69, 9.17) is 0 Å². The quantitative estimate of drug-likeness (QED) is 0.824. The van der Waals surface area contributed by atoms with Gasteiger partial charge in [0.15, 0.2) is 0 Å². The SMILES string of the molecule is Cc1ccc(C(F)(F)F)cc1C(=O)N1C[C@H]2CC[C@@H](C1)C2N(C)C. The van der Waals surface area contributed by atoms with Gasteiger partial charge < -0.3 is 9.80 Å². The molecule has 1 unspecified atom stereocenters.